The predicted octanol–water partition coefficient (Wildman–Crippen LogP) is 1.61. The molecule has 0 aliphatic rings. The smallest absolute Gasteiger partial charge is 0.228 e. The van der Waals surface area contributed by atoms with Gasteiger partial charge in [-0.3, -0.25) is 4.98 Å². The Morgan fingerprint density at radius 2 is 2.14 bits per heavy atom. The molecule has 21 heavy (non-hydrogen) atoms. The van der Waals surface area contributed by atoms with Gasteiger partial charge < -0.3 is 14.6 Å². The Morgan fingerprint density at radius 3 is 2.86 bits per heavy atom. The standard InChI is InChI=1S/C15H22N4O2/c1-3-6-17-13(11-20-2)10-15-18-14(19-21-15)9-12-4-7-16-8-5-12/h4-5,7-8,13,17H,3,6,9-11H2,1-2H3. The molecule has 2 heterocycles. The zero-order valence-corrected chi connectivity index (χ0v) is 12.6. The Morgan fingerprint density at radius 1 is 1.33 bits per heavy atom. The van der Waals surface area contributed by atoms with Gasteiger partial charge in [-0.1, -0.05) is 12.1 Å². The number of pyridine rings is 1. The van der Waals surface area contributed by atoms with Crippen molar-refractivity contribution in [3.63, 3.8) is 0 Å². The Balaban J connectivity index is 1.92. The van der Waals surface area contributed by atoms with Gasteiger partial charge in [-0.2, -0.15) is 4.98 Å². The van der Waals surface area contributed by atoms with Gasteiger partial charge in [0.2, 0.25) is 5.89 Å². The van der Waals surface area contributed by atoms with Crippen molar-refractivity contribution in [2.75, 3.05) is 20.3 Å². The van der Waals surface area contributed by atoms with Crippen molar-refractivity contribution in [1.29, 1.82) is 0 Å². The molecule has 0 fully saturated rings. The van der Waals surface area contributed by atoms with Gasteiger partial charge in [0.15, 0.2) is 5.82 Å². The van der Waals surface area contributed by atoms with Gasteiger partial charge >= 0.3 is 0 Å². The van der Waals surface area contributed by atoms with Crippen molar-refractivity contribution in [3.8, 4) is 0 Å². The molecule has 114 valence electrons. The summed E-state index contributed by atoms with van der Waals surface area (Å²) in [4.78, 5) is 8.44. The molecule has 0 aliphatic carbocycles. The van der Waals surface area contributed by atoms with E-state index in [1.54, 1.807) is 19.5 Å². The second-order valence-electron chi connectivity index (χ2n) is 4.95. The topological polar surface area (TPSA) is 73.1 Å². The Kier molecular flexibility index (Phi) is 6.30. The van der Waals surface area contributed by atoms with Crippen molar-refractivity contribution in [1.82, 2.24) is 20.4 Å². The number of nitrogens with zero attached hydrogens (tertiary/aromatic N) is 3. The highest BCUT2D eigenvalue weighted by atomic mass is 16.5. The molecule has 0 radical (unpaired) electrons. The normalized spacial score (nSPS) is 12.5. The Labute approximate surface area is 124 Å². The summed E-state index contributed by atoms with van der Waals surface area (Å²) in [6, 6.07) is 4.10. The fraction of sp³-hybridized carbons (Fsp3) is 0.533. The molecule has 1 unspecified atom stereocenters. The summed E-state index contributed by atoms with van der Waals surface area (Å²) in [6.07, 6.45) is 5.94. The van der Waals surface area contributed by atoms with Crippen molar-refractivity contribution in [2.45, 2.75) is 32.2 Å². The molecular formula is C15H22N4O2. The maximum absolute atomic E-state index is 5.32. The second-order valence-corrected chi connectivity index (χ2v) is 4.95. The van der Waals surface area contributed by atoms with Gasteiger partial charge in [-0.15, -0.1) is 0 Å². The third-order valence-electron chi connectivity index (χ3n) is 3.09. The number of hydrogen-bond donors (Lipinski definition) is 1. The number of hydrogen-bond acceptors (Lipinski definition) is 6. The van der Waals surface area contributed by atoms with Crippen LogP contribution in [0.3, 0.4) is 0 Å². The summed E-state index contributed by atoms with van der Waals surface area (Å²) in [5.41, 5.74) is 1.12. The van der Waals surface area contributed by atoms with E-state index in [9.17, 15) is 0 Å². The molecule has 1 N–H and O–H groups in total. The van der Waals surface area contributed by atoms with E-state index in [-0.39, 0.29) is 6.04 Å². The molecule has 0 bridgehead atoms. The summed E-state index contributed by atoms with van der Waals surface area (Å²) in [5, 5.41) is 7.45. The van der Waals surface area contributed by atoms with Crippen LogP contribution in [0.4, 0.5) is 0 Å². The minimum Gasteiger partial charge on any atom is -0.383 e. The van der Waals surface area contributed by atoms with E-state index in [1.165, 1.54) is 0 Å². The first-order valence-electron chi connectivity index (χ1n) is 7.24. The van der Waals surface area contributed by atoms with Crippen LogP contribution < -0.4 is 5.32 Å². The van der Waals surface area contributed by atoms with Gasteiger partial charge in [0, 0.05) is 38.4 Å². The van der Waals surface area contributed by atoms with Gasteiger partial charge in [-0.25, -0.2) is 0 Å². The summed E-state index contributed by atoms with van der Waals surface area (Å²) >= 11 is 0. The molecular weight excluding hydrogens is 268 g/mol. The van der Waals surface area contributed by atoms with E-state index in [0.29, 0.717) is 31.2 Å². The van der Waals surface area contributed by atoms with Crippen molar-refractivity contribution >= 4 is 0 Å². The lowest BCUT2D eigenvalue weighted by Crippen LogP contribution is -2.35. The largest absolute Gasteiger partial charge is 0.383 e. The summed E-state index contributed by atoms with van der Waals surface area (Å²) in [6.45, 7) is 3.71. The highest BCUT2D eigenvalue weighted by molar-refractivity contribution is 5.14. The van der Waals surface area contributed by atoms with Crippen LogP contribution in [0.15, 0.2) is 29.0 Å². The maximum Gasteiger partial charge on any atom is 0.228 e. The van der Waals surface area contributed by atoms with Crippen molar-refractivity contribution in [3.05, 3.63) is 41.8 Å². The van der Waals surface area contributed by atoms with Crippen LogP contribution in [0, 0.1) is 0 Å². The third kappa shape index (κ3) is 5.24. The van der Waals surface area contributed by atoms with Crippen LogP contribution in [0.5, 0.6) is 0 Å². The molecule has 0 saturated carbocycles. The zero-order valence-electron chi connectivity index (χ0n) is 12.6. The molecule has 6 heteroatoms. The first-order chi connectivity index (χ1) is 10.3. The number of rotatable bonds is 9. The van der Waals surface area contributed by atoms with Gasteiger partial charge in [0.25, 0.3) is 0 Å². The van der Waals surface area contributed by atoms with E-state index >= 15 is 0 Å². The zero-order chi connectivity index (χ0) is 14.9. The molecule has 0 saturated heterocycles. The number of nitrogens with one attached hydrogen (secondary N) is 1. The molecule has 1 atom stereocenters. The highest BCUT2D eigenvalue weighted by Crippen LogP contribution is 2.07. The first kappa shape index (κ1) is 15.6. The van der Waals surface area contributed by atoms with Crippen molar-refractivity contribution < 1.29 is 9.26 Å². The molecule has 2 rings (SSSR count). The lowest BCUT2D eigenvalue weighted by atomic mass is 10.2. The molecule has 2 aromatic heterocycles. The number of aromatic nitrogens is 3. The molecule has 0 aromatic carbocycles. The first-order valence-corrected chi connectivity index (χ1v) is 7.24. The third-order valence-corrected chi connectivity index (χ3v) is 3.09. The summed E-state index contributed by atoms with van der Waals surface area (Å²) in [7, 11) is 1.70. The number of methoxy groups -OCH3 is 1. The fourth-order valence-electron chi connectivity index (χ4n) is 2.08. The average Bonchev–Trinajstić information content (AvgIpc) is 2.93. The van der Waals surface area contributed by atoms with Gasteiger partial charge in [0.1, 0.15) is 0 Å². The molecule has 0 spiro atoms. The monoisotopic (exact) mass is 290 g/mol. The van der Waals surface area contributed by atoms with Crippen molar-refractivity contribution in [2.24, 2.45) is 0 Å². The van der Waals surface area contributed by atoms with E-state index < -0.39 is 0 Å². The predicted molar refractivity (Wildman–Crippen MR) is 79.0 cm³/mol. The second kappa shape index (κ2) is 8.49. The van der Waals surface area contributed by atoms with Gasteiger partial charge in [0.05, 0.1) is 6.61 Å². The molecule has 0 amide bonds. The minimum atomic E-state index is 0.198. The van der Waals surface area contributed by atoms with Crippen LogP contribution in [0.2, 0.25) is 0 Å². The summed E-state index contributed by atoms with van der Waals surface area (Å²) in [5.74, 6) is 1.34. The van der Waals surface area contributed by atoms with E-state index in [0.717, 1.165) is 18.5 Å². The van der Waals surface area contributed by atoms with Crippen LogP contribution in [-0.2, 0) is 17.6 Å². The van der Waals surface area contributed by atoms with E-state index in [1.807, 2.05) is 12.1 Å². The fourth-order valence-corrected chi connectivity index (χ4v) is 2.08. The highest BCUT2D eigenvalue weighted by Gasteiger charge is 2.14. The molecule has 2 aromatic rings. The van der Waals surface area contributed by atoms with Crippen LogP contribution >= 0.6 is 0 Å². The average molecular weight is 290 g/mol. The quantitative estimate of drug-likeness (QED) is 0.756. The number of ether oxygens (including phenoxy) is 1. The molecule has 6 nitrogen and oxygen atoms in total. The molecule has 0 aliphatic heterocycles. The van der Waals surface area contributed by atoms with E-state index in [4.69, 9.17) is 9.26 Å². The van der Waals surface area contributed by atoms with Gasteiger partial charge in [-0.05, 0) is 30.7 Å². The lowest BCUT2D eigenvalue weighted by Gasteiger charge is -2.15. The van der Waals surface area contributed by atoms with Crippen LogP contribution in [0.25, 0.3) is 0 Å². The minimum absolute atomic E-state index is 0.198. The Hall–Kier alpha value is -1.79. The summed E-state index contributed by atoms with van der Waals surface area (Å²) < 4.78 is 10.5. The van der Waals surface area contributed by atoms with Crippen LogP contribution in [-0.4, -0.2) is 41.4 Å². The SMILES string of the molecule is CCCNC(COC)Cc1nc(Cc2ccncc2)no1. The van der Waals surface area contributed by atoms with E-state index in [2.05, 4.69) is 27.4 Å². The Bertz CT molecular complexity index is 515. The lowest BCUT2D eigenvalue weighted by molar-refractivity contribution is 0.161. The maximum atomic E-state index is 5.32. The van der Waals surface area contributed by atoms with Crippen LogP contribution in [0.1, 0.15) is 30.6 Å².